The van der Waals surface area contributed by atoms with Crippen molar-refractivity contribution in [2.75, 3.05) is 21.3 Å². The zero-order valence-electron chi connectivity index (χ0n) is 18.7. The number of ketones is 1. The lowest BCUT2D eigenvalue weighted by Gasteiger charge is -2.15. The minimum absolute atomic E-state index is 0.129. The van der Waals surface area contributed by atoms with Crippen molar-refractivity contribution in [2.24, 2.45) is 0 Å². The molecule has 0 heterocycles. The summed E-state index contributed by atoms with van der Waals surface area (Å²) in [5, 5.41) is 0.398. The number of methoxy groups -OCH3 is 3. The number of sulfone groups is 1. The number of halogens is 2. The molecule has 0 unspecified atom stereocenters. The third-order valence-electron chi connectivity index (χ3n) is 4.96. The molecule has 0 amide bonds. The van der Waals surface area contributed by atoms with E-state index in [4.69, 9.17) is 25.8 Å². The third kappa shape index (κ3) is 5.76. The highest BCUT2D eigenvalue weighted by Gasteiger charge is 2.28. The summed E-state index contributed by atoms with van der Waals surface area (Å²) in [4.78, 5) is 12.9. The number of benzene rings is 3. The number of hydrogen-bond acceptors (Lipinski definition) is 6. The molecule has 0 atom stereocenters. The van der Waals surface area contributed by atoms with Crippen molar-refractivity contribution < 1.29 is 31.8 Å². The predicted octanol–water partition coefficient (Wildman–Crippen LogP) is 5.34. The molecule has 0 aliphatic rings. The third-order valence-corrected chi connectivity index (χ3v) is 6.90. The molecule has 0 bridgehead atoms. The maximum Gasteiger partial charge on any atom is 0.204 e. The fraction of sp³-hybridized carbons (Fsp3) is 0.160. The zero-order valence-corrected chi connectivity index (χ0v) is 20.2. The molecule has 9 heteroatoms. The molecular formula is C25H22ClFO6S. The number of ether oxygens (including phenoxy) is 3. The van der Waals surface area contributed by atoms with Gasteiger partial charge in [-0.1, -0.05) is 23.7 Å². The van der Waals surface area contributed by atoms with Crippen molar-refractivity contribution in [1.29, 1.82) is 0 Å². The number of hydrogen-bond donors (Lipinski definition) is 0. The molecule has 34 heavy (non-hydrogen) atoms. The fourth-order valence-corrected chi connectivity index (χ4v) is 4.83. The minimum Gasteiger partial charge on any atom is -0.496 e. The standard InChI is InChI=1S/C25H22ClFO6S/c1-31-20-12-22(32-2)21(23(13-20)33-3)14-24(25(28)17-6-8-18(26)9-7-17)34(29,30)15-16-4-10-19(27)11-5-16/h4-14H,15H2,1-3H3/b24-14+. The summed E-state index contributed by atoms with van der Waals surface area (Å²) in [5.41, 5.74) is 0.695. The average Bonchev–Trinajstić information content (AvgIpc) is 2.83. The first-order valence-corrected chi connectivity index (χ1v) is 12.0. The van der Waals surface area contributed by atoms with Crippen molar-refractivity contribution in [3.05, 3.63) is 93.1 Å². The summed E-state index contributed by atoms with van der Waals surface area (Å²) in [5.74, 6) is -0.838. The van der Waals surface area contributed by atoms with Crippen LogP contribution in [0.1, 0.15) is 21.5 Å². The van der Waals surface area contributed by atoms with Crippen LogP contribution in [0.5, 0.6) is 17.2 Å². The van der Waals surface area contributed by atoms with Gasteiger partial charge in [-0.2, -0.15) is 0 Å². The lowest BCUT2D eigenvalue weighted by molar-refractivity contribution is 0.104. The maximum absolute atomic E-state index is 13.5. The van der Waals surface area contributed by atoms with Crippen LogP contribution in [0.4, 0.5) is 4.39 Å². The monoisotopic (exact) mass is 504 g/mol. The molecule has 178 valence electrons. The molecule has 6 nitrogen and oxygen atoms in total. The van der Waals surface area contributed by atoms with E-state index in [1.807, 2.05) is 0 Å². The molecule has 0 radical (unpaired) electrons. The van der Waals surface area contributed by atoms with E-state index in [1.165, 1.54) is 63.8 Å². The lowest BCUT2D eigenvalue weighted by atomic mass is 10.1. The Morgan fingerprint density at radius 1 is 0.912 bits per heavy atom. The molecule has 0 spiro atoms. The van der Waals surface area contributed by atoms with Gasteiger partial charge in [0.25, 0.3) is 0 Å². The van der Waals surface area contributed by atoms with Crippen LogP contribution < -0.4 is 14.2 Å². The molecule has 0 saturated heterocycles. The van der Waals surface area contributed by atoms with Gasteiger partial charge in [0.15, 0.2) is 9.84 Å². The number of Topliss-reactive ketones (excluding diaryl/α,β-unsaturated/α-hetero) is 1. The molecule has 3 aromatic rings. The van der Waals surface area contributed by atoms with Crippen LogP contribution in [0.15, 0.2) is 65.6 Å². The maximum atomic E-state index is 13.5. The van der Waals surface area contributed by atoms with Crippen LogP contribution in [-0.2, 0) is 15.6 Å². The fourth-order valence-electron chi connectivity index (χ4n) is 3.22. The first-order valence-electron chi connectivity index (χ1n) is 9.97. The Hall–Kier alpha value is -3.36. The van der Waals surface area contributed by atoms with Crippen LogP contribution in [0, 0.1) is 5.82 Å². The SMILES string of the molecule is COc1cc(OC)c(/C=C(\C(=O)c2ccc(Cl)cc2)S(=O)(=O)Cc2ccc(F)cc2)c(OC)c1. The van der Waals surface area contributed by atoms with Gasteiger partial charge >= 0.3 is 0 Å². The van der Waals surface area contributed by atoms with Crippen molar-refractivity contribution >= 4 is 33.3 Å². The molecule has 0 aliphatic heterocycles. The molecule has 0 N–H and O–H groups in total. The van der Waals surface area contributed by atoms with E-state index < -0.39 is 32.1 Å². The normalized spacial score (nSPS) is 11.7. The molecule has 3 aromatic carbocycles. The molecule has 0 fully saturated rings. The smallest absolute Gasteiger partial charge is 0.204 e. The Labute approximate surface area is 202 Å². The molecule has 0 aromatic heterocycles. The number of carbonyl (C=O) groups excluding carboxylic acids is 1. The Morgan fingerprint density at radius 3 is 1.97 bits per heavy atom. The van der Waals surface area contributed by atoms with E-state index in [0.29, 0.717) is 16.3 Å². The van der Waals surface area contributed by atoms with Gasteiger partial charge in [-0.15, -0.1) is 0 Å². The van der Waals surface area contributed by atoms with Gasteiger partial charge in [0.1, 0.15) is 28.0 Å². The zero-order chi connectivity index (χ0) is 24.9. The highest BCUT2D eigenvalue weighted by Crippen LogP contribution is 2.37. The van der Waals surface area contributed by atoms with Gasteiger partial charge in [0.05, 0.1) is 32.6 Å². The summed E-state index contributed by atoms with van der Waals surface area (Å²) in [6, 6.07) is 14.0. The van der Waals surface area contributed by atoms with E-state index in [0.717, 1.165) is 12.1 Å². The van der Waals surface area contributed by atoms with Crippen molar-refractivity contribution in [1.82, 2.24) is 0 Å². The second kappa shape index (κ2) is 10.7. The van der Waals surface area contributed by atoms with Crippen LogP contribution in [0.2, 0.25) is 5.02 Å². The summed E-state index contributed by atoms with van der Waals surface area (Å²) in [6.45, 7) is 0. The first kappa shape index (κ1) is 25.3. The van der Waals surface area contributed by atoms with E-state index in [1.54, 1.807) is 12.1 Å². The number of rotatable bonds is 9. The summed E-state index contributed by atoms with van der Waals surface area (Å²) < 4.78 is 56.3. The summed E-state index contributed by atoms with van der Waals surface area (Å²) in [6.07, 6.45) is 1.22. The number of carbonyl (C=O) groups is 1. The van der Waals surface area contributed by atoms with Gasteiger partial charge in [0, 0.05) is 22.7 Å². The quantitative estimate of drug-likeness (QED) is 0.289. The second-order valence-corrected chi connectivity index (χ2v) is 9.57. The summed E-state index contributed by atoms with van der Waals surface area (Å²) >= 11 is 5.92. The highest BCUT2D eigenvalue weighted by atomic mass is 35.5. The van der Waals surface area contributed by atoms with Gasteiger partial charge in [-0.3, -0.25) is 4.79 Å². The first-order chi connectivity index (χ1) is 16.2. The lowest BCUT2D eigenvalue weighted by Crippen LogP contribution is -2.16. The van der Waals surface area contributed by atoms with Gasteiger partial charge in [-0.25, -0.2) is 12.8 Å². The van der Waals surface area contributed by atoms with Crippen molar-refractivity contribution in [3.8, 4) is 17.2 Å². The molecule has 0 aliphatic carbocycles. The van der Waals surface area contributed by atoms with Crippen LogP contribution in [0.3, 0.4) is 0 Å². The highest BCUT2D eigenvalue weighted by molar-refractivity contribution is 7.95. The predicted molar refractivity (Wildman–Crippen MR) is 129 cm³/mol. The van der Waals surface area contributed by atoms with Gasteiger partial charge in [-0.05, 0) is 48.0 Å². The van der Waals surface area contributed by atoms with E-state index in [-0.39, 0.29) is 22.6 Å². The van der Waals surface area contributed by atoms with Crippen LogP contribution in [0.25, 0.3) is 6.08 Å². The Kier molecular flexibility index (Phi) is 7.96. The van der Waals surface area contributed by atoms with Crippen LogP contribution in [-0.4, -0.2) is 35.5 Å². The van der Waals surface area contributed by atoms with Gasteiger partial charge in [0.2, 0.25) is 5.78 Å². The topological polar surface area (TPSA) is 78.9 Å². The molecular weight excluding hydrogens is 483 g/mol. The van der Waals surface area contributed by atoms with Crippen LogP contribution >= 0.6 is 11.6 Å². The van der Waals surface area contributed by atoms with Gasteiger partial charge < -0.3 is 14.2 Å². The minimum atomic E-state index is -4.20. The largest absolute Gasteiger partial charge is 0.496 e. The second-order valence-electron chi connectivity index (χ2n) is 7.18. The van der Waals surface area contributed by atoms with Crippen molar-refractivity contribution in [2.45, 2.75) is 5.75 Å². The average molecular weight is 505 g/mol. The van der Waals surface area contributed by atoms with E-state index in [9.17, 15) is 17.6 Å². The Morgan fingerprint density at radius 2 is 1.47 bits per heavy atom. The van der Waals surface area contributed by atoms with E-state index in [2.05, 4.69) is 0 Å². The molecule has 3 rings (SSSR count). The Bertz CT molecular complexity index is 1290. The Balaban J connectivity index is 2.21. The molecule has 0 saturated carbocycles. The summed E-state index contributed by atoms with van der Waals surface area (Å²) in [7, 11) is 0.0729. The number of allylic oxidation sites excluding steroid dienone is 1. The van der Waals surface area contributed by atoms with E-state index >= 15 is 0 Å². The van der Waals surface area contributed by atoms with Crippen molar-refractivity contribution in [3.63, 3.8) is 0 Å².